The van der Waals surface area contributed by atoms with E-state index in [4.69, 9.17) is 0 Å². The van der Waals surface area contributed by atoms with E-state index in [-0.39, 0.29) is 11.9 Å². The van der Waals surface area contributed by atoms with Crippen LogP contribution in [0.15, 0.2) is 12.2 Å². The molecular formula is C21H38O3. The molecule has 3 heteroatoms. The molecule has 0 saturated carbocycles. The van der Waals surface area contributed by atoms with Crippen molar-refractivity contribution in [2.45, 2.75) is 97.3 Å². The van der Waals surface area contributed by atoms with Crippen molar-refractivity contribution < 1.29 is 14.3 Å². The minimum absolute atomic E-state index is 0.104. The average molecular weight is 339 g/mol. The third kappa shape index (κ3) is 14.5. The van der Waals surface area contributed by atoms with Gasteiger partial charge in [-0.1, -0.05) is 64.0 Å². The van der Waals surface area contributed by atoms with Crippen molar-refractivity contribution in [1.29, 1.82) is 0 Å². The molecule has 0 bridgehead atoms. The van der Waals surface area contributed by atoms with Crippen molar-refractivity contribution >= 4 is 11.8 Å². The summed E-state index contributed by atoms with van der Waals surface area (Å²) >= 11 is 0. The fourth-order valence-corrected chi connectivity index (χ4v) is 2.85. The Morgan fingerprint density at radius 2 is 1.58 bits per heavy atom. The number of allylic oxidation sites excluding steroid dienone is 2. The van der Waals surface area contributed by atoms with Gasteiger partial charge in [0.15, 0.2) is 0 Å². The number of esters is 1. The number of carbonyl (C=O) groups is 2. The SMILES string of the molecule is CCCCCCC(CC=CCCCCCCCC(=O)OC)C(C)=O. The normalized spacial score (nSPS) is 12.5. The molecule has 140 valence electrons. The van der Waals surface area contributed by atoms with E-state index in [1.165, 1.54) is 52.1 Å². The first kappa shape index (κ1) is 22.9. The number of carbonyl (C=O) groups excluding carboxylic acids is 2. The lowest BCUT2D eigenvalue weighted by atomic mass is 9.93. The van der Waals surface area contributed by atoms with Crippen molar-refractivity contribution in [3.63, 3.8) is 0 Å². The van der Waals surface area contributed by atoms with E-state index in [9.17, 15) is 9.59 Å². The maximum atomic E-state index is 11.7. The highest BCUT2D eigenvalue weighted by Gasteiger charge is 2.11. The fraction of sp³-hybridized carbons (Fsp3) is 0.810. The first-order valence-corrected chi connectivity index (χ1v) is 9.84. The van der Waals surface area contributed by atoms with Crippen molar-refractivity contribution in [3.8, 4) is 0 Å². The van der Waals surface area contributed by atoms with Crippen molar-refractivity contribution in [2.75, 3.05) is 7.11 Å². The van der Waals surface area contributed by atoms with Gasteiger partial charge in [0, 0.05) is 12.3 Å². The average Bonchev–Trinajstić information content (AvgIpc) is 2.57. The van der Waals surface area contributed by atoms with Crippen LogP contribution in [-0.2, 0) is 14.3 Å². The zero-order valence-electron chi connectivity index (χ0n) is 16.1. The number of ketones is 1. The van der Waals surface area contributed by atoms with Gasteiger partial charge >= 0.3 is 5.97 Å². The molecule has 0 aromatic heterocycles. The van der Waals surface area contributed by atoms with E-state index in [1.54, 1.807) is 6.92 Å². The molecule has 0 aliphatic carbocycles. The molecule has 0 amide bonds. The van der Waals surface area contributed by atoms with Gasteiger partial charge in [-0.2, -0.15) is 0 Å². The Hall–Kier alpha value is -1.12. The molecule has 0 N–H and O–H groups in total. The number of hydrogen-bond acceptors (Lipinski definition) is 3. The van der Waals surface area contributed by atoms with Crippen LogP contribution in [0.4, 0.5) is 0 Å². The van der Waals surface area contributed by atoms with E-state index in [0.717, 1.165) is 32.1 Å². The largest absolute Gasteiger partial charge is 0.469 e. The second-order valence-corrected chi connectivity index (χ2v) is 6.75. The fourth-order valence-electron chi connectivity index (χ4n) is 2.85. The summed E-state index contributed by atoms with van der Waals surface area (Å²) in [6.07, 6.45) is 18.6. The van der Waals surface area contributed by atoms with Gasteiger partial charge in [0.25, 0.3) is 0 Å². The Balaban J connectivity index is 3.59. The molecule has 0 aromatic carbocycles. The predicted molar refractivity (Wildman–Crippen MR) is 101 cm³/mol. The van der Waals surface area contributed by atoms with Crippen LogP contribution in [-0.4, -0.2) is 18.9 Å². The minimum Gasteiger partial charge on any atom is -0.469 e. The zero-order valence-corrected chi connectivity index (χ0v) is 16.1. The van der Waals surface area contributed by atoms with E-state index < -0.39 is 0 Å². The standard InChI is InChI=1S/C21H38O3/c1-4-5-6-13-16-20(19(2)22)17-14-11-9-7-8-10-12-15-18-21(23)24-3/h11,14,20H,4-10,12-13,15-18H2,1-3H3. The first-order chi connectivity index (χ1) is 11.6. The summed E-state index contributed by atoms with van der Waals surface area (Å²) in [6.45, 7) is 3.94. The van der Waals surface area contributed by atoms with Crippen molar-refractivity contribution in [3.05, 3.63) is 12.2 Å². The third-order valence-electron chi connectivity index (χ3n) is 4.55. The van der Waals surface area contributed by atoms with Gasteiger partial charge in [-0.25, -0.2) is 0 Å². The molecule has 0 heterocycles. The zero-order chi connectivity index (χ0) is 18.0. The van der Waals surface area contributed by atoms with Gasteiger partial charge in [0.1, 0.15) is 5.78 Å². The van der Waals surface area contributed by atoms with E-state index in [0.29, 0.717) is 12.2 Å². The smallest absolute Gasteiger partial charge is 0.305 e. The van der Waals surface area contributed by atoms with Crippen LogP contribution in [0.5, 0.6) is 0 Å². The van der Waals surface area contributed by atoms with E-state index >= 15 is 0 Å². The van der Waals surface area contributed by atoms with Gasteiger partial charge in [0.05, 0.1) is 7.11 Å². The molecule has 1 unspecified atom stereocenters. The van der Waals surface area contributed by atoms with Gasteiger partial charge in [-0.15, -0.1) is 0 Å². The molecule has 1 atom stereocenters. The number of ether oxygens (including phenoxy) is 1. The van der Waals surface area contributed by atoms with Crippen LogP contribution in [0, 0.1) is 5.92 Å². The van der Waals surface area contributed by atoms with E-state index in [1.807, 2.05) is 0 Å². The van der Waals surface area contributed by atoms with Crippen LogP contribution < -0.4 is 0 Å². The molecule has 0 spiro atoms. The third-order valence-corrected chi connectivity index (χ3v) is 4.55. The molecule has 24 heavy (non-hydrogen) atoms. The molecule has 0 aliphatic heterocycles. The summed E-state index contributed by atoms with van der Waals surface area (Å²) in [5.74, 6) is 0.450. The highest BCUT2D eigenvalue weighted by molar-refractivity contribution is 5.78. The lowest BCUT2D eigenvalue weighted by Crippen LogP contribution is -2.09. The second-order valence-electron chi connectivity index (χ2n) is 6.75. The summed E-state index contributed by atoms with van der Waals surface area (Å²) in [7, 11) is 1.44. The number of Topliss-reactive ketones (excluding diaryl/α,β-unsaturated/α-hetero) is 1. The Bertz CT molecular complexity index is 347. The molecular weight excluding hydrogens is 300 g/mol. The van der Waals surface area contributed by atoms with Gasteiger partial charge in [0.2, 0.25) is 0 Å². The maximum absolute atomic E-state index is 11.7. The monoisotopic (exact) mass is 338 g/mol. The molecule has 0 radical (unpaired) electrons. The number of hydrogen-bond donors (Lipinski definition) is 0. The summed E-state index contributed by atoms with van der Waals surface area (Å²) < 4.78 is 4.62. The lowest BCUT2D eigenvalue weighted by Gasteiger charge is -2.10. The number of methoxy groups -OCH3 is 1. The molecule has 0 aliphatic rings. The highest BCUT2D eigenvalue weighted by atomic mass is 16.5. The molecule has 0 aromatic rings. The molecule has 0 fully saturated rings. The highest BCUT2D eigenvalue weighted by Crippen LogP contribution is 2.17. The van der Waals surface area contributed by atoms with Crippen LogP contribution in [0.25, 0.3) is 0 Å². The Kier molecular flexibility index (Phi) is 15.9. The van der Waals surface area contributed by atoms with E-state index in [2.05, 4.69) is 23.8 Å². The van der Waals surface area contributed by atoms with Crippen LogP contribution in [0.2, 0.25) is 0 Å². The summed E-state index contributed by atoms with van der Waals surface area (Å²) in [5.41, 5.74) is 0. The first-order valence-electron chi connectivity index (χ1n) is 9.84. The number of rotatable bonds is 16. The van der Waals surface area contributed by atoms with Gasteiger partial charge < -0.3 is 4.74 Å². The Morgan fingerprint density at radius 3 is 2.25 bits per heavy atom. The summed E-state index contributed by atoms with van der Waals surface area (Å²) in [6, 6.07) is 0. The second kappa shape index (κ2) is 16.7. The summed E-state index contributed by atoms with van der Waals surface area (Å²) in [5, 5.41) is 0. The minimum atomic E-state index is -0.104. The van der Waals surface area contributed by atoms with Crippen molar-refractivity contribution in [2.24, 2.45) is 5.92 Å². The van der Waals surface area contributed by atoms with Gasteiger partial charge in [-0.05, 0) is 39.0 Å². The Morgan fingerprint density at radius 1 is 0.917 bits per heavy atom. The Labute approximate surface area is 149 Å². The molecule has 0 rings (SSSR count). The topological polar surface area (TPSA) is 43.4 Å². The molecule has 3 nitrogen and oxygen atoms in total. The lowest BCUT2D eigenvalue weighted by molar-refractivity contribution is -0.140. The van der Waals surface area contributed by atoms with Crippen molar-refractivity contribution in [1.82, 2.24) is 0 Å². The summed E-state index contributed by atoms with van der Waals surface area (Å²) in [4.78, 5) is 22.6. The maximum Gasteiger partial charge on any atom is 0.305 e. The van der Waals surface area contributed by atoms with Gasteiger partial charge in [-0.3, -0.25) is 9.59 Å². The van der Waals surface area contributed by atoms with Crippen LogP contribution in [0.3, 0.4) is 0 Å². The quantitative estimate of drug-likeness (QED) is 0.196. The predicted octanol–water partition coefficient (Wildman–Crippen LogP) is 6.01. The van der Waals surface area contributed by atoms with Crippen LogP contribution in [0.1, 0.15) is 97.3 Å². The number of unbranched alkanes of at least 4 members (excludes halogenated alkanes) is 8. The van der Waals surface area contributed by atoms with Crippen LogP contribution >= 0.6 is 0 Å². The molecule has 0 saturated heterocycles.